The minimum Gasteiger partial charge on any atom is -0.506 e. The molecule has 368 valence electrons. The first kappa shape index (κ1) is 48.2. The average molecular weight is 990 g/mol. The minimum absolute atomic E-state index is 0.0975. The number of rotatable bonds is 8. The number of nitrogens with one attached hydrogen (secondary N) is 2. The summed E-state index contributed by atoms with van der Waals surface area (Å²) in [5.74, 6) is -0.684. The van der Waals surface area contributed by atoms with Crippen molar-refractivity contribution in [3.8, 4) is 34.0 Å². The Balaban J connectivity index is 1.09. The Morgan fingerprint density at radius 2 is 0.971 bits per heavy atom. The number of carbonyl (C=O) groups is 3. The number of nitrogens with zero attached hydrogens (tertiary/aromatic N) is 4. The monoisotopic (exact) mass is 988 g/mol. The highest BCUT2D eigenvalue weighted by Crippen LogP contribution is 2.50. The van der Waals surface area contributed by atoms with Gasteiger partial charge in [-0.25, -0.2) is 18.7 Å². The second kappa shape index (κ2) is 18.6. The number of fused-ring (bicyclic) bond motifs is 4. The summed E-state index contributed by atoms with van der Waals surface area (Å²) in [6.07, 6.45) is 5.90. The maximum atomic E-state index is 15.6. The molecule has 6 aromatic rings. The lowest BCUT2D eigenvalue weighted by Crippen LogP contribution is -2.32. The molecular formula is C55H62Cl2N6O7. The molecule has 0 aliphatic carbocycles. The van der Waals surface area contributed by atoms with E-state index < -0.39 is 35.5 Å². The second-order valence-corrected chi connectivity index (χ2v) is 22.2. The maximum Gasteiger partial charge on any atom is 0.419 e. The Kier molecular flexibility index (Phi) is 12.8. The van der Waals surface area contributed by atoms with Gasteiger partial charge in [-0.3, -0.25) is 25.2 Å². The molecule has 4 aliphatic heterocycles. The SMILES string of the molecule is CC(C)(C)OC(=O)n1c(-c2cc(O)c(Cl)c3c2C(C(=O)C2NCc4c(Cl)c(O)cc(-c5cc6cc(CN7CCCCC7)ccc6n5C(=O)OC(C)(C)C)c42)NC3)cc2cc(CN3CCCCC3)ccc21. The molecule has 4 aromatic carbocycles. The Labute approximate surface area is 418 Å². The van der Waals surface area contributed by atoms with Crippen molar-refractivity contribution >= 4 is 63.0 Å². The van der Waals surface area contributed by atoms with Gasteiger partial charge in [0.15, 0.2) is 5.78 Å². The van der Waals surface area contributed by atoms with Crippen LogP contribution in [0.5, 0.6) is 11.5 Å². The fraction of sp³-hybridized carbons (Fsp3) is 0.436. The predicted molar refractivity (Wildman–Crippen MR) is 274 cm³/mol. The van der Waals surface area contributed by atoms with Gasteiger partial charge in [-0.15, -0.1) is 0 Å². The Morgan fingerprint density at radius 1 is 0.586 bits per heavy atom. The van der Waals surface area contributed by atoms with E-state index in [0.717, 1.165) is 86.9 Å². The van der Waals surface area contributed by atoms with Crippen molar-refractivity contribution in [3.05, 3.63) is 104 Å². The van der Waals surface area contributed by atoms with Gasteiger partial charge in [-0.05, 0) is 175 Å². The highest BCUT2D eigenvalue weighted by Gasteiger charge is 2.43. The van der Waals surface area contributed by atoms with Crippen molar-refractivity contribution in [2.24, 2.45) is 0 Å². The molecule has 0 spiro atoms. The number of aromatic nitrogens is 2. The summed E-state index contributed by atoms with van der Waals surface area (Å²) in [7, 11) is 0. The third-order valence-corrected chi connectivity index (χ3v) is 14.9. The molecule has 70 heavy (non-hydrogen) atoms. The molecule has 2 fully saturated rings. The average Bonchev–Trinajstić information content (AvgIpc) is 4.11. The number of Topliss-reactive ketones (excluding diaryl/α,β-unsaturated/α-hetero) is 1. The molecule has 0 bridgehead atoms. The van der Waals surface area contributed by atoms with Crippen LogP contribution in [0.25, 0.3) is 44.3 Å². The quantitative estimate of drug-likeness (QED) is 0.115. The fourth-order valence-corrected chi connectivity index (χ4v) is 11.4. The molecule has 4 N–H and O–H groups in total. The van der Waals surface area contributed by atoms with E-state index in [4.69, 9.17) is 32.7 Å². The van der Waals surface area contributed by atoms with Gasteiger partial charge in [0.1, 0.15) is 22.7 Å². The maximum absolute atomic E-state index is 15.6. The standard InChI is InChI=1S/C55H62Cl2N6O7/c1-54(2,3)69-52(67)62-39-15-13-31(29-60-17-9-7-10-18-60)21-33(39)23-41(62)35-25-43(64)47(56)37-27-58-49(45(35)37)51(66)50-46-36(26-44(65)48(57)38(46)28-59-50)42-24-34-22-32(30-61-19-11-8-12-20-61)14-16-40(34)63(42)53(68)70-55(4,5)6/h13-16,21-26,49-50,58-59,64-65H,7-12,17-20,27-30H2,1-6H3. The van der Waals surface area contributed by atoms with Gasteiger partial charge in [0.05, 0.1) is 44.6 Å². The van der Waals surface area contributed by atoms with Gasteiger partial charge in [0, 0.05) is 48.1 Å². The Bertz CT molecular complexity index is 2870. The van der Waals surface area contributed by atoms with E-state index >= 15 is 4.79 Å². The number of hydrogen-bond donors (Lipinski definition) is 4. The first-order valence-corrected chi connectivity index (χ1v) is 25.4. The first-order chi connectivity index (χ1) is 33.3. The van der Waals surface area contributed by atoms with Crippen molar-refractivity contribution in [2.75, 3.05) is 26.2 Å². The number of ether oxygens (including phenoxy) is 2. The normalized spacial score (nSPS) is 18.9. The van der Waals surface area contributed by atoms with Crippen molar-refractivity contribution < 1.29 is 34.1 Å². The van der Waals surface area contributed by atoms with Crippen molar-refractivity contribution in [1.82, 2.24) is 29.6 Å². The lowest BCUT2D eigenvalue weighted by atomic mass is 9.87. The fourth-order valence-electron chi connectivity index (χ4n) is 11.0. The zero-order valence-corrected chi connectivity index (χ0v) is 42.3. The topological polar surface area (TPSA) is 151 Å². The van der Waals surface area contributed by atoms with Crippen LogP contribution in [0.2, 0.25) is 10.0 Å². The Hall–Kier alpha value is -5.41. The Morgan fingerprint density at radius 3 is 1.34 bits per heavy atom. The van der Waals surface area contributed by atoms with Crippen LogP contribution in [0, 0.1) is 0 Å². The van der Waals surface area contributed by atoms with Gasteiger partial charge in [0.25, 0.3) is 0 Å². The van der Waals surface area contributed by atoms with Crippen LogP contribution in [-0.2, 0) is 40.4 Å². The summed E-state index contributed by atoms with van der Waals surface area (Å²) < 4.78 is 15.1. The first-order valence-electron chi connectivity index (χ1n) is 24.6. The predicted octanol–water partition coefficient (Wildman–Crippen LogP) is 11.7. The van der Waals surface area contributed by atoms with Crippen LogP contribution >= 0.6 is 23.2 Å². The molecule has 0 radical (unpaired) electrons. The highest BCUT2D eigenvalue weighted by molar-refractivity contribution is 6.33. The summed E-state index contributed by atoms with van der Waals surface area (Å²) in [4.78, 5) is 49.3. The number of aromatic hydroxyl groups is 2. The molecule has 0 saturated carbocycles. The molecular weight excluding hydrogens is 928 g/mol. The number of halogens is 2. The van der Waals surface area contributed by atoms with Crippen LogP contribution in [0.3, 0.4) is 0 Å². The largest absolute Gasteiger partial charge is 0.506 e. The zero-order chi connectivity index (χ0) is 49.4. The van der Waals surface area contributed by atoms with E-state index in [1.807, 2.05) is 77.9 Å². The lowest BCUT2D eigenvalue weighted by molar-refractivity contribution is -0.123. The van der Waals surface area contributed by atoms with Gasteiger partial charge in [0.2, 0.25) is 0 Å². The summed E-state index contributed by atoms with van der Waals surface area (Å²) in [5, 5.41) is 31.5. The lowest BCUT2D eigenvalue weighted by Gasteiger charge is -2.26. The third-order valence-electron chi connectivity index (χ3n) is 14.0. The molecule has 2 unspecified atom stereocenters. The number of carbonyl (C=O) groups excluding carboxylic acids is 3. The zero-order valence-electron chi connectivity index (χ0n) is 40.8. The molecule has 10 rings (SSSR count). The number of phenols is 2. The smallest absolute Gasteiger partial charge is 0.419 e. The van der Waals surface area contributed by atoms with E-state index in [1.54, 1.807) is 0 Å². The van der Waals surface area contributed by atoms with Crippen molar-refractivity contribution in [1.29, 1.82) is 0 Å². The molecule has 0 amide bonds. The summed E-state index contributed by atoms with van der Waals surface area (Å²) >= 11 is 13.8. The molecule has 2 aromatic heterocycles. The van der Waals surface area contributed by atoms with Crippen LogP contribution in [0.1, 0.15) is 126 Å². The van der Waals surface area contributed by atoms with E-state index in [0.29, 0.717) is 55.8 Å². The van der Waals surface area contributed by atoms with E-state index in [9.17, 15) is 19.8 Å². The van der Waals surface area contributed by atoms with Gasteiger partial charge < -0.3 is 19.7 Å². The molecule has 4 aliphatic rings. The van der Waals surface area contributed by atoms with Gasteiger partial charge >= 0.3 is 12.2 Å². The number of benzene rings is 4. The second-order valence-electron chi connectivity index (χ2n) is 21.5. The molecule has 15 heteroatoms. The number of hydrogen-bond acceptors (Lipinski definition) is 11. The summed E-state index contributed by atoms with van der Waals surface area (Å²) in [6.45, 7) is 16.8. The van der Waals surface area contributed by atoms with Gasteiger partial charge in [-0.1, -0.05) is 48.2 Å². The van der Waals surface area contributed by atoms with E-state index in [-0.39, 0.29) is 40.4 Å². The molecule has 13 nitrogen and oxygen atoms in total. The van der Waals surface area contributed by atoms with Crippen LogP contribution in [0.15, 0.2) is 60.7 Å². The molecule has 2 atom stereocenters. The van der Waals surface area contributed by atoms with Crippen molar-refractivity contribution in [2.45, 2.75) is 130 Å². The summed E-state index contributed by atoms with van der Waals surface area (Å²) in [5.41, 5.74) is 5.60. The third kappa shape index (κ3) is 9.21. The van der Waals surface area contributed by atoms with Crippen molar-refractivity contribution in [3.63, 3.8) is 0 Å². The number of ketones is 1. The molecule has 6 heterocycles. The molecule has 2 saturated heterocycles. The summed E-state index contributed by atoms with van der Waals surface area (Å²) in [6, 6.07) is 17.0. The highest BCUT2D eigenvalue weighted by atomic mass is 35.5. The van der Waals surface area contributed by atoms with E-state index in [1.165, 1.54) is 34.1 Å². The number of likely N-dealkylation sites (tertiary alicyclic amines) is 2. The van der Waals surface area contributed by atoms with E-state index in [2.05, 4.69) is 32.6 Å². The minimum atomic E-state index is -0.999. The van der Waals surface area contributed by atoms with Gasteiger partial charge in [-0.2, -0.15) is 0 Å². The number of phenolic OH excluding ortho intramolecular Hbond substituents is 2. The van der Waals surface area contributed by atoms with Crippen LogP contribution in [-0.4, -0.2) is 84.5 Å². The number of piperidine rings is 2. The van der Waals surface area contributed by atoms with Crippen LogP contribution in [0.4, 0.5) is 9.59 Å². The van der Waals surface area contributed by atoms with Crippen LogP contribution < -0.4 is 10.6 Å².